The van der Waals surface area contributed by atoms with Gasteiger partial charge in [-0.25, -0.2) is 4.79 Å². The highest BCUT2D eigenvalue weighted by atomic mass is 32.1. The van der Waals surface area contributed by atoms with Crippen LogP contribution in [0.5, 0.6) is 5.75 Å². The van der Waals surface area contributed by atoms with Crippen LogP contribution in [0.2, 0.25) is 0 Å². The molecule has 0 saturated carbocycles. The lowest BCUT2D eigenvalue weighted by Crippen LogP contribution is -2.23. The summed E-state index contributed by atoms with van der Waals surface area (Å²) in [7, 11) is 3.65. The van der Waals surface area contributed by atoms with Gasteiger partial charge in [-0.2, -0.15) is 5.26 Å². The standard InChI is InChI=1S/C34H31N3O4S/c1-4-41-34(39)29-22-37(20-26-13-9-8-12-25(26)18-35)33-30(31(29)38)28(21-36(2)19-23-10-6-5-7-11-23)32(42-33)24-14-16-27(40-3)17-15-24/h5-17,22H,4,19-21H2,1-3H3. The molecule has 2 heterocycles. The van der Waals surface area contributed by atoms with Crippen molar-refractivity contribution in [2.45, 2.75) is 26.6 Å². The van der Waals surface area contributed by atoms with Crippen LogP contribution in [0, 0.1) is 11.3 Å². The molecule has 0 radical (unpaired) electrons. The predicted octanol–water partition coefficient (Wildman–Crippen LogP) is 6.47. The number of nitriles is 1. The monoisotopic (exact) mass is 577 g/mol. The topological polar surface area (TPSA) is 84.6 Å². The third-order valence-electron chi connectivity index (χ3n) is 7.06. The highest BCUT2D eigenvalue weighted by Crippen LogP contribution is 2.39. The van der Waals surface area contributed by atoms with E-state index in [-0.39, 0.29) is 17.6 Å². The Bertz CT molecular complexity index is 1820. The molecule has 5 aromatic rings. The first-order chi connectivity index (χ1) is 20.4. The van der Waals surface area contributed by atoms with Crippen LogP contribution in [-0.4, -0.2) is 36.2 Å². The van der Waals surface area contributed by atoms with E-state index >= 15 is 0 Å². The maximum absolute atomic E-state index is 14.1. The van der Waals surface area contributed by atoms with Gasteiger partial charge in [-0.15, -0.1) is 11.3 Å². The van der Waals surface area contributed by atoms with Gasteiger partial charge in [0.15, 0.2) is 0 Å². The van der Waals surface area contributed by atoms with Crippen molar-refractivity contribution in [1.29, 1.82) is 5.26 Å². The molecule has 0 bridgehead atoms. The van der Waals surface area contributed by atoms with Crippen molar-refractivity contribution in [3.05, 3.63) is 123 Å². The second kappa shape index (κ2) is 12.9. The van der Waals surface area contributed by atoms with Crippen molar-refractivity contribution in [2.24, 2.45) is 0 Å². The summed E-state index contributed by atoms with van der Waals surface area (Å²) in [5.74, 6) is 0.0763. The Morgan fingerprint density at radius 1 is 1.00 bits per heavy atom. The molecule has 212 valence electrons. The van der Waals surface area contributed by atoms with Crippen LogP contribution in [-0.2, 0) is 24.4 Å². The maximum atomic E-state index is 14.1. The predicted molar refractivity (Wildman–Crippen MR) is 166 cm³/mol. The van der Waals surface area contributed by atoms with Crippen molar-refractivity contribution in [1.82, 2.24) is 9.47 Å². The van der Waals surface area contributed by atoms with E-state index in [1.54, 1.807) is 26.3 Å². The molecule has 42 heavy (non-hydrogen) atoms. The Balaban J connectivity index is 1.74. The largest absolute Gasteiger partial charge is 0.497 e. The molecule has 0 atom stereocenters. The van der Waals surface area contributed by atoms with Crippen molar-refractivity contribution < 1.29 is 14.3 Å². The molecule has 2 aromatic heterocycles. The number of carbonyl (C=O) groups excluding carboxylic acids is 1. The molecule has 5 rings (SSSR count). The number of hydrogen-bond donors (Lipinski definition) is 0. The minimum Gasteiger partial charge on any atom is -0.497 e. The van der Waals surface area contributed by atoms with Crippen LogP contribution in [0.15, 0.2) is 89.9 Å². The summed E-state index contributed by atoms with van der Waals surface area (Å²) >= 11 is 1.51. The number of pyridine rings is 1. The zero-order valence-corrected chi connectivity index (χ0v) is 24.6. The molecular formula is C34H31N3O4S. The van der Waals surface area contributed by atoms with E-state index in [4.69, 9.17) is 9.47 Å². The van der Waals surface area contributed by atoms with E-state index < -0.39 is 5.97 Å². The lowest BCUT2D eigenvalue weighted by atomic mass is 10.0. The van der Waals surface area contributed by atoms with Crippen LogP contribution >= 0.6 is 11.3 Å². The highest BCUT2D eigenvalue weighted by molar-refractivity contribution is 7.22. The van der Waals surface area contributed by atoms with Gasteiger partial charge >= 0.3 is 5.97 Å². The van der Waals surface area contributed by atoms with Crippen molar-refractivity contribution in [3.8, 4) is 22.3 Å². The van der Waals surface area contributed by atoms with Gasteiger partial charge in [-0.1, -0.05) is 48.5 Å². The summed E-state index contributed by atoms with van der Waals surface area (Å²) in [5, 5.41) is 10.2. The Hall–Kier alpha value is -4.71. The van der Waals surface area contributed by atoms with Crippen molar-refractivity contribution in [3.63, 3.8) is 0 Å². The number of esters is 1. The fraction of sp³-hybridized carbons (Fsp3) is 0.206. The Labute approximate surface area is 248 Å². The first-order valence-electron chi connectivity index (χ1n) is 13.6. The molecule has 8 heteroatoms. The molecule has 0 saturated heterocycles. The number of benzene rings is 3. The normalized spacial score (nSPS) is 11.0. The first-order valence-corrected chi connectivity index (χ1v) is 14.5. The maximum Gasteiger partial charge on any atom is 0.343 e. The number of carbonyl (C=O) groups is 1. The molecule has 0 aliphatic carbocycles. The fourth-order valence-electron chi connectivity index (χ4n) is 5.07. The van der Waals surface area contributed by atoms with E-state index in [9.17, 15) is 14.9 Å². The molecule has 0 aliphatic rings. The van der Waals surface area contributed by atoms with Crippen LogP contribution in [0.4, 0.5) is 0 Å². The Morgan fingerprint density at radius 2 is 1.71 bits per heavy atom. The zero-order valence-electron chi connectivity index (χ0n) is 23.8. The van der Waals surface area contributed by atoms with E-state index in [0.29, 0.717) is 30.6 Å². The third-order valence-corrected chi connectivity index (χ3v) is 8.37. The van der Waals surface area contributed by atoms with Gasteiger partial charge in [0.2, 0.25) is 5.43 Å². The minimum absolute atomic E-state index is 0.0233. The molecule has 0 amide bonds. The number of ether oxygens (including phenoxy) is 2. The summed E-state index contributed by atoms with van der Waals surface area (Å²) in [5.41, 5.74) is 3.90. The average molecular weight is 578 g/mol. The summed E-state index contributed by atoms with van der Waals surface area (Å²) < 4.78 is 12.6. The smallest absolute Gasteiger partial charge is 0.343 e. The summed E-state index contributed by atoms with van der Waals surface area (Å²) in [6.07, 6.45) is 1.57. The van der Waals surface area contributed by atoms with Gasteiger partial charge in [-0.3, -0.25) is 9.69 Å². The van der Waals surface area contributed by atoms with Gasteiger partial charge in [0.25, 0.3) is 0 Å². The Kier molecular flexibility index (Phi) is 8.82. The fourth-order valence-corrected chi connectivity index (χ4v) is 6.36. The number of fused-ring (bicyclic) bond motifs is 1. The van der Waals surface area contributed by atoms with Gasteiger partial charge in [-0.05, 0) is 66.6 Å². The average Bonchev–Trinajstić information content (AvgIpc) is 3.39. The van der Waals surface area contributed by atoms with Gasteiger partial charge in [0.05, 0.1) is 30.7 Å². The van der Waals surface area contributed by atoms with Crippen LogP contribution < -0.4 is 10.2 Å². The van der Waals surface area contributed by atoms with Crippen LogP contribution in [0.1, 0.15) is 39.5 Å². The molecular weight excluding hydrogens is 546 g/mol. The molecule has 0 N–H and O–H groups in total. The second-order valence-electron chi connectivity index (χ2n) is 9.97. The summed E-state index contributed by atoms with van der Waals surface area (Å²) in [6, 6.07) is 27.5. The highest BCUT2D eigenvalue weighted by Gasteiger charge is 2.25. The quantitative estimate of drug-likeness (QED) is 0.177. The Morgan fingerprint density at radius 3 is 2.40 bits per heavy atom. The number of rotatable bonds is 10. The number of methoxy groups -OCH3 is 1. The van der Waals surface area contributed by atoms with Gasteiger partial charge in [0.1, 0.15) is 16.1 Å². The molecule has 0 unspecified atom stereocenters. The van der Waals surface area contributed by atoms with Crippen LogP contribution in [0.3, 0.4) is 0 Å². The summed E-state index contributed by atoms with van der Waals surface area (Å²) in [4.78, 5) is 31.0. The van der Waals surface area contributed by atoms with Gasteiger partial charge in [0, 0.05) is 30.7 Å². The van der Waals surface area contributed by atoms with E-state index in [1.807, 2.05) is 72.3 Å². The molecule has 3 aromatic carbocycles. The van der Waals surface area contributed by atoms with Crippen molar-refractivity contribution in [2.75, 3.05) is 20.8 Å². The number of hydrogen-bond acceptors (Lipinski definition) is 7. The summed E-state index contributed by atoms with van der Waals surface area (Å²) in [6.45, 7) is 3.35. The van der Waals surface area contributed by atoms with E-state index in [1.165, 1.54) is 11.3 Å². The first kappa shape index (κ1) is 28.8. The number of nitrogens with zero attached hydrogens (tertiary/aromatic N) is 3. The number of thiophene rings is 1. The van der Waals surface area contributed by atoms with E-state index in [2.05, 4.69) is 23.1 Å². The van der Waals surface area contributed by atoms with Crippen molar-refractivity contribution >= 4 is 27.5 Å². The lowest BCUT2D eigenvalue weighted by molar-refractivity contribution is 0.0524. The zero-order chi connectivity index (χ0) is 29.6. The third kappa shape index (κ3) is 5.98. The second-order valence-corrected chi connectivity index (χ2v) is 11.0. The molecule has 7 nitrogen and oxygen atoms in total. The van der Waals surface area contributed by atoms with E-state index in [0.717, 1.165) is 37.7 Å². The lowest BCUT2D eigenvalue weighted by Gasteiger charge is -2.18. The van der Waals surface area contributed by atoms with Crippen LogP contribution in [0.25, 0.3) is 20.7 Å². The molecule has 0 fully saturated rings. The minimum atomic E-state index is -0.660. The van der Waals surface area contributed by atoms with Gasteiger partial charge < -0.3 is 14.0 Å². The molecule has 0 spiro atoms. The molecule has 0 aliphatic heterocycles. The number of aromatic nitrogens is 1. The SMILES string of the molecule is CCOC(=O)c1cn(Cc2ccccc2C#N)c2sc(-c3ccc(OC)cc3)c(CN(C)Cc3ccccc3)c2c1=O.